The summed E-state index contributed by atoms with van der Waals surface area (Å²) >= 11 is 6.05. The highest BCUT2D eigenvalue weighted by Gasteiger charge is 2.08. The second-order valence-corrected chi connectivity index (χ2v) is 5.07. The first-order valence-electron chi connectivity index (χ1n) is 6.53. The van der Waals surface area contributed by atoms with Crippen molar-refractivity contribution in [2.45, 2.75) is 6.92 Å². The summed E-state index contributed by atoms with van der Waals surface area (Å²) in [6.45, 7) is 1.89. The number of nitrogens with zero attached hydrogens (tertiary/aromatic N) is 2. The van der Waals surface area contributed by atoms with Crippen LogP contribution in [0.1, 0.15) is 12.5 Å². The van der Waals surface area contributed by atoms with E-state index in [0.29, 0.717) is 10.7 Å². The number of hydrogen-bond acceptors (Lipinski definition) is 3. The zero-order valence-corrected chi connectivity index (χ0v) is 12.9. The van der Waals surface area contributed by atoms with Gasteiger partial charge >= 0.3 is 0 Å². The third kappa shape index (κ3) is 3.73. The van der Waals surface area contributed by atoms with E-state index in [2.05, 4.69) is 10.4 Å². The van der Waals surface area contributed by atoms with E-state index in [0.717, 1.165) is 17.0 Å². The SMILES string of the molecule is CNc1ccc(Cl)cc1/C(C)=N/N(C)c1cccc(F)c1. The molecule has 110 valence electrons. The Morgan fingerprint density at radius 1 is 1.24 bits per heavy atom. The Morgan fingerprint density at radius 3 is 2.67 bits per heavy atom. The van der Waals surface area contributed by atoms with Gasteiger partial charge in [0.25, 0.3) is 0 Å². The lowest BCUT2D eigenvalue weighted by Crippen LogP contribution is -2.13. The summed E-state index contributed by atoms with van der Waals surface area (Å²) in [5.74, 6) is -0.286. The fraction of sp³-hybridized carbons (Fsp3) is 0.188. The minimum Gasteiger partial charge on any atom is -0.388 e. The fourth-order valence-corrected chi connectivity index (χ4v) is 2.22. The zero-order chi connectivity index (χ0) is 15.4. The van der Waals surface area contributed by atoms with E-state index in [-0.39, 0.29) is 5.82 Å². The molecule has 0 fully saturated rings. The molecule has 0 aliphatic heterocycles. The van der Waals surface area contributed by atoms with E-state index < -0.39 is 0 Å². The number of anilines is 2. The Balaban J connectivity index is 2.34. The summed E-state index contributed by atoms with van der Waals surface area (Å²) in [4.78, 5) is 0. The molecular weight excluding hydrogens is 289 g/mol. The first-order valence-corrected chi connectivity index (χ1v) is 6.91. The van der Waals surface area contributed by atoms with Crippen molar-refractivity contribution in [3.63, 3.8) is 0 Å². The number of benzene rings is 2. The van der Waals surface area contributed by atoms with E-state index in [4.69, 9.17) is 11.6 Å². The largest absolute Gasteiger partial charge is 0.388 e. The van der Waals surface area contributed by atoms with Gasteiger partial charge in [-0.15, -0.1) is 0 Å². The third-order valence-corrected chi connectivity index (χ3v) is 3.36. The Kier molecular flexibility index (Phi) is 4.81. The van der Waals surface area contributed by atoms with E-state index in [1.54, 1.807) is 24.2 Å². The van der Waals surface area contributed by atoms with Gasteiger partial charge in [-0.05, 0) is 43.3 Å². The number of nitrogens with one attached hydrogen (secondary N) is 1. The normalized spacial score (nSPS) is 11.4. The summed E-state index contributed by atoms with van der Waals surface area (Å²) in [6.07, 6.45) is 0. The predicted molar refractivity (Wildman–Crippen MR) is 88.0 cm³/mol. The number of rotatable bonds is 4. The molecule has 0 saturated carbocycles. The van der Waals surface area contributed by atoms with Crippen molar-refractivity contribution in [2.75, 3.05) is 24.4 Å². The van der Waals surface area contributed by atoms with Crippen LogP contribution in [0.25, 0.3) is 0 Å². The highest BCUT2D eigenvalue weighted by molar-refractivity contribution is 6.31. The summed E-state index contributed by atoms with van der Waals surface area (Å²) in [7, 11) is 3.62. The molecule has 0 bridgehead atoms. The van der Waals surface area contributed by atoms with Crippen molar-refractivity contribution in [3.8, 4) is 0 Å². The standard InChI is InChI=1S/C16H17ClFN3/c1-11(15-9-12(17)7-8-16(15)19-2)20-21(3)14-6-4-5-13(18)10-14/h4-10,19H,1-3H3/b20-11+. The number of hydrogen-bond donors (Lipinski definition) is 1. The Morgan fingerprint density at radius 2 is 2.00 bits per heavy atom. The molecule has 0 saturated heterocycles. The van der Waals surface area contributed by atoms with E-state index in [1.807, 2.05) is 32.2 Å². The minimum absolute atomic E-state index is 0.286. The molecule has 0 radical (unpaired) electrons. The van der Waals surface area contributed by atoms with Gasteiger partial charge in [0.05, 0.1) is 11.4 Å². The van der Waals surface area contributed by atoms with Crippen molar-refractivity contribution >= 4 is 28.7 Å². The molecule has 0 aliphatic carbocycles. The molecule has 2 rings (SSSR count). The molecule has 5 heteroatoms. The summed E-state index contributed by atoms with van der Waals surface area (Å²) < 4.78 is 13.3. The average molecular weight is 306 g/mol. The molecule has 2 aromatic rings. The van der Waals surface area contributed by atoms with Gasteiger partial charge in [-0.3, -0.25) is 5.01 Å². The van der Waals surface area contributed by atoms with Crippen LogP contribution in [0.3, 0.4) is 0 Å². The second-order valence-electron chi connectivity index (χ2n) is 4.63. The van der Waals surface area contributed by atoms with Crippen LogP contribution in [-0.4, -0.2) is 19.8 Å². The topological polar surface area (TPSA) is 27.6 Å². The van der Waals surface area contributed by atoms with Gasteiger partial charge in [0, 0.05) is 30.4 Å². The van der Waals surface area contributed by atoms with E-state index in [1.165, 1.54) is 12.1 Å². The lowest BCUT2D eigenvalue weighted by atomic mass is 10.1. The van der Waals surface area contributed by atoms with E-state index >= 15 is 0 Å². The molecule has 2 aromatic carbocycles. The maximum absolute atomic E-state index is 13.3. The van der Waals surface area contributed by atoms with Gasteiger partial charge in [0.2, 0.25) is 0 Å². The Bertz CT molecular complexity index is 670. The second kappa shape index (κ2) is 6.59. The van der Waals surface area contributed by atoms with Crippen LogP contribution in [0.2, 0.25) is 5.02 Å². The van der Waals surface area contributed by atoms with Gasteiger partial charge in [-0.25, -0.2) is 4.39 Å². The predicted octanol–water partition coefficient (Wildman–Crippen LogP) is 4.38. The monoisotopic (exact) mass is 305 g/mol. The summed E-state index contributed by atoms with van der Waals surface area (Å²) in [5.41, 5.74) is 3.32. The number of hydrazone groups is 1. The molecule has 1 N–H and O–H groups in total. The Labute approximate surface area is 129 Å². The molecule has 0 spiro atoms. The smallest absolute Gasteiger partial charge is 0.125 e. The molecule has 0 amide bonds. The van der Waals surface area contributed by atoms with Crippen LogP contribution < -0.4 is 10.3 Å². The quantitative estimate of drug-likeness (QED) is 0.670. The van der Waals surface area contributed by atoms with Crippen LogP contribution in [0.5, 0.6) is 0 Å². The minimum atomic E-state index is -0.286. The Hall–Kier alpha value is -2.07. The summed E-state index contributed by atoms with van der Waals surface area (Å²) in [5, 5.41) is 9.88. The van der Waals surface area contributed by atoms with Crippen LogP contribution >= 0.6 is 11.6 Å². The molecule has 3 nitrogen and oxygen atoms in total. The lowest BCUT2D eigenvalue weighted by Gasteiger charge is -2.16. The molecule has 21 heavy (non-hydrogen) atoms. The fourth-order valence-electron chi connectivity index (χ4n) is 2.05. The average Bonchev–Trinajstić information content (AvgIpc) is 2.47. The van der Waals surface area contributed by atoms with Crippen LogP contribution in [0.15, 0.2) is 47.6 Å². The maximum Gasteiger partial charge on any atom is 0.125 e. The van der Waals surface area contributed by atoms with Gasteiger partial charge < -0.3 is 5.32 Å². The van der Waals surface area contributed by atoms with Crippen LogP contribution in [-0.2, 0) is 0 Å². The molecule has 0 atom stereocenters. The maximum atomic E-state index is 13.3. The highest BCUT2D eigenvalue weighted by atomic mass is 35.5. The van der Waals surface area contributed by atoms with Crippen molar-refractivity contribution in [2.24, 2.45) is 5.10 Å². The lowest BCUT2D eigenvalue weighted by molar-refractivity contribution is 0.627. The van der Waals surface area contributed by atoms with E-state index in [9.17, 15) is 4.39 Å². The third-order valence-electron chi connectivity index (χ3n) is 3.12. The van der Waals surface area contributed by atoms with Gasteiger partial charge in [-0.1, -0.05) is 17.7 Å². The number of halogens is 2. The van der Waals surface area contributed by atoms with Gasteiger partial charge in [0.1, 0.15) is 5.82 Å². The molecule has 0 unspecified atom stereocenters. The highest BCUT2D eigenvalue weighted by Crippen LogP contribution is 2.22. The molecular formula is C16H17ClFN3. The van der Waals surface area contributed by atoms with Crippen LogP contribution in [0.4, 0.5) is 15.8 Å². The summed E-state index contributed by atoms with van der Waals surface area (Å²) in [6, 6.07) is 11.9. The molecule has 0 aliphatic rings. The van der Waals surface area contributed by atoms with Crippen molar-refractivity contribution in [1.29, 1.82) is 0 Å². The van der Waals surface area contributed by atoms with Crippen molar-refractivity contribution < 1.29 is 4.39 Å². The first kappa shape index (κ1) is 15.3. The molecule has 0 aromatic heterocycles. The van der Waals surface area contributed by atoms with Gasteiger partial charge in [0.15, 0.2) is 0 Å². The zero-order valence-electron chi connectivity index (χ0n) is 12.2. The van der Waals surface area contributed by atoms with Crippen molar-refractivity contribution in [1.82, 2.24) is 0 Å². The molecule has 0 heterocycles. The van der Waals surface area contributed by atoms with Gasteiger partial charge in [-0.2, -0.15) is 5.10 Å². The first-order chi connectivity index (χ1) is 10.0. The van der Waals surface area contributed by atoms with Crippen molar-refractivity contribution in [3.05, 3.63) is 58.9 Å². The van der Waals surface area contributed by atoms with Crippen LogP contribution in [0, 0.1) is 5.82 Å².